The number of rotatable bonds is 31. The Morgan fingerprint density at radius 2 is 1.30 bits per heavy atom. The van der Waals surface area contributed by atoms with Crippen LogP contribution in [0.4, 0.5) is 38.1 Å². The Balaban J connectivity index is 0.0000125. The molecule has 0 aliphatic carbocycles. The molecule has 0 aliphatic heterocycles. The molecule has 0 spiro atoms. The number of para-hydroxylation sites is 1. The minimum atomic E-state index is -2.39. The molecular weight excluding hydrogens is 1220 g/mol. The zero-order valence-electron chi connectivity index (χ0n) is 52.9. The molecule has 0 fully saturated rings. The fourth-order valence-corrected chi connectivity index (χ4v) is 10.8. The number of aryl methyl sites for hydroxylation is 2. The Hall–Kier alpha value is -9.91. The number of nitrogen functional groups attached to an aromatic ring is 1. The van der Waals surface area contributed by atoms with Crippen molar-refractivity contribution in [2.24, 2.45) is 24.6 Å². The number of hydrogen-bond acceptors (Lipinski definition) is 12. The number of ether oxygens (including phenoxy) is 4. The molecule has 496 valence electrons. The van der Waals surface area contributed by atoms with Crippen LogP contribution >= 0.6 is 0 Å². The van der Waals surface area contributed by atoms with E-state index in [-0.39, 0.29) is 101 Å². The molecule has 8 aromatic rings. The van der Waals surface area contributed by atoms with Crippen LogP contribution in [0.2, 0.25) is 0 Å². The number of carbonyl (C=O) groups is 6. The monoisotopic (exact) mass is 1300 g/mol. The predicted octanol–water partition coefficient (Wildman–Crippen LogP) is 10.1. The van der Waals surface area contributed by atoms with Gasteiger partial charge in [0, 0.05) is 84.7 Å². The van der Waals surface area contributed by atoms with Crippen LogP contribution in [-0.2, 0) is 47.0 Å². The molecule has 0 saturated carbocycles. The first-order valence-electron chi connectivity index (χ1n) is 30.1. The zero-order valence-corrected chi connectivity index (χ0v) is 52.9. The summed E-state index contributed by atoms with van der Waals surface area (Å²) in [6.45, 7) is 7.85. The first kappa shape index (κ1) is 71.5. The highest BCUT2D eigenvalue weighted by Gasteiger charge is 2.33. The van der Waals surface area contributed by atoms with Gasteiger partial charge in [0.05, 0.1) is 69.2 Å². The predicted molar refractivity (Wildman–Crippen MR) is 344 cm³/mol. The third-order valence-electron chi connectivity index (χ3n) is 15.6. The average molecular weight is 1300 g/mol. The number of aromatic nitrogens is 3. The maximum absolute atomic E-state index is 14.8. The fraction of sp³-hybridized carbons (Fsp3) is 0.300. The van der Waals surface area contributed by atoms with Crippen LogP contribution in [0, 0.1) is 62.2 Å². The van der Waals surface area contributed by atoms with E-state index in [1.807, 2.05) is 123 Å². The number of anilines is 2. The third kappa shape index (κ3) is 17.4. The highest BCUT2D eigenvalue weighted by molar-refractivity contribution is 6.16. The summed E-state index contributed by atoms with van der Waals surface area (Å²) in [4.78, 5) is 93.6. The molecule has 94 heavy (non-hydrogen) atoms. The quantitative estimate of drug-likeness (QED) is 0.00260. The molecule has 2 atom stereocenters. The number of fused-ring (bicyclic) bond motifs is 1. The molecule has 0 aliphatic rings. The maximum Gasteiger partial charge on any atom is 0.313 e. The number of esters is 1. The Bertz CT molecular complexity index is 4080. The molecule has 0 radical (unpaired) electrons. The van der Waals surface area contributed by atoms with Crippen molar-refractivity contribution in [3.05, 3.63) is 202 Å². The van der Waals surface area contributed by atoms with Gasteiger partial charge in [0.25, 0.3) is 5.56 Å². The lowest BCUT2D eigenvalue weighted by molar-refractivity contribution is -0.668. The van der Waals surface area contributed by atoms with Crippen molar-refractivity contribution in [3.8, 4) is 33.8 Å². The summed E-state index contributed by atoms with van der Waals surface area (Å²) in [5, 5.41) is 9.12. The van der Waals surface area contributed by atoms with E-state index in [1.54, 1.807) is 43.8 Å². The number of halogens is 5. The van der Waals surface area contributed by atoms with E-state index in [0.717, 1.165) is 33.3 Å². The number of primary amides is 1. The number of Topliss-reactive ketones (excluding diaryl/α,β-unsaturated/α-hetero) is 1. The van der Waals surface area contributed by atoms with Gasteiger partial charge in [-0.2, -0.15) is 13.3 Å². The Labute approximate surface area is 540 Å². The summed E-state index contributed by atoms with van der Waals surface area (Å²) < 4.78 is 93.3. The van der Waals surface area contributed by atoms with Gasteiger partial charge >= 0.3 is 12.0 Å². The van der Waals surface area contributed by atoms with Gasteiger partial charge in [-0.15, -0.1) is 0 Å². The summed E-state index contributed by atoms with van der Waals surface area (Å²) in [6.07, 6.45) is -0.376. The molecular formula is C70H75F5N8O11. The van der Waals surface area contributed by atoms with Crippen molar-refractivity contribution in [2.75, 3.05) is 57.2 Å². The van der Waals surface area contributed by atoms with Crippen molar-refractivity contribution >= 4 is 57.7 Å². The summed E-state index contributed by atoms with van der Waals surface area (Å²) in [7, 11) is 1.76. The van der Waals surface area contributed by atoms with E-state index in [1.165, 1.54) is 4.68 Å². The Morgan fingerprint density at radius 3 is 1.93 bits per heavy atom. The van der Waals surface area contributed by atoms with E-state index in [2.05, 4.69) is 25.3 Å². The lowest BCUT2D eigenvalue weighted by Gasteiger charge is -2.24. The smallest absolute Gasteiger partial charge is 0.313 e. The third-order valence-corrected chi connectivity index (χ3v) is 15.6. The van der Waals surface area contributed by atoms with E-state index in [0.29, 0.717) is 41.2 Å². The SMILES string of the molecule is Cc1ccc(C(=O)c2c(-c3ccccc3)n(C)n(-c3ccccc3)c2=O)c(N)c1-c1ccc2c(ccc(C)[n+]2Cc2ccc(NC(=O)[C@H](CCCNC(N)=O)CC(=O)[C@@H](NC(=O)CCOCCOCCOCCC(=O)Oc3c(F)c(F)c(F)c(F)c3F)C(C)C)cc2)c1.[CH3-]. The summed E-state index contributed by atoms with van der Waals surface area (Å²) in [5.74, 6) is -17.5. The average Bonchev–Trinajstić information content (AvgIpc) is 1.55. The van der Waals surface area contributed by atoms with Gasteiger partial charge in [-0.25, -0.2) is 22.6 Å². The number of nitrogens with two attached hydrogens (primary N) is 2. The normalized spacial score (nSPS) is 11.9. The maximum atomic E-state index is 14.8. The molecule has 7 N–H and O–H groups in total. The number of nitrogens with one attached hydrogen (secondary N) is 3. The van der Waals surface area contributed by atoms with Gasteiger partial charge in [-0.1, -0.05) is 80.6 Å². The van der Waals surface area contributed by atoms with Crippen LogP contribution in [-0.4, -0.2) is 97.0 Å². The second kappa shape index (κ2) is 33.1. The number of amides is 4. The van der Waals surface area contributed by atoms with Gasteiger partial charge < -0.3 is 53.8 Å². The van der Waals surface area contributed by atoms with Gasteiger partial charge in [0.15, 0.2) is 18.0 Å². The van der Waals surface area contributed by atoms with E-state index in [4.69, 9.17) is 25.7 Å². The molecule has 0 saturated heterocycles. The van der Waals surface area contributed by atoms with E-state index in [9.17, 15) is 55.5 Å². The Morgan fingerprint density at radius 1 is 0.691 bits per heavy atom. The van der Waals surface area contributed by atoms with E-state index >= 15 is 0 Å². The minimum absolute atomic E-state index is 0. The second-order valence-electron chi connectivity index (χ2n) is 22.4. The first-order chi connectivity index (χ1) is 44.6. The number of hydrogen-bond donors (Lipinski definition) is 5. The van der Waals surface area contributed by atoms with Crippen LogP contribution in [0.5, 0.6) is 5.75 Å². The molecule has 24 heteroatoms. The second-order valence-corrected chi connectivity index (χ2v) is 22.4. The topological polar surface area (TPSA) is 258 Å². The van der Waals surface area contributed by atoms with Crippen LogP contribution in [0.25, 0.3) is 39.0 Å². The standard InChI is InChI=1S/C69H71F5N8O11.CH3/c1-40(2)63(79-53(84)28-31-90-33-35-92-36-34-91-32-29-54(85)93-66-60(73)58(71)57(70)59(72)61(66)74)52(83)38-47(15-12-30-77-69(76)89)67(87)78-48-24-20-43(21-25-48)39-81-42(4)19-22-45-37-46(23-27-51(45)81)55-41(3)18-26-50(62(55)75)65(86)56-64(44-13-8-6-9-14-44)80(5)82(68(56)88)49-16-10-7-11-17-49;/h6-11,13-14,16-27,37,40,47,63H,12,15,28-36,38-39H2,1-5H3,(H6-,75,76,77,78,79,84,86,87,89);1H3/q;-1/p+1/t47-,63+;/m1./s1. The number of urea groups is 1. The molecule has 6 aromatic carbocycles. The number of carbonyl (C=O) groups excluding carboxylic acids is 6. The van der Waals surface area contributed by atoms with Crippen LogP contribution in [0.3, 0.4) is 0 Å². The molecule has 2 aromatic heterocycles. The highest BCUT2D eigenvalue weighted by Crippen LogP contribution is 2.36. The van der Waals surface area contributed by atoms with Crippen molar-refractivity contribution in [2.45, 2.75) is 72.4 Å². The molecule has 19 nitrogen and oxygen atoms in total. The number of nitrogens with zero attached hydrogens (tertiary/aromatic N) is 3. The van der Waals surface area contributed by atoms with Gasteiger partial charge in [-0.3, -0.25) is 33.4 Å². The zero-order chi connectivity index (χ0) is 67.0. The fourth-order valence-electron chi connectivity index (χ4n) is 10.8. The van der Waals surface area contributed by atoms with Gasteiger partial charge in [0.2, 0.25) is 57.9 Å². The summed E-state index contributed by atoms with van der Waals surface area (Å²) in [5.41, 5.74) is 19.6. The lowest BCUT2D eigenvalue weighted by Crippen LogP contribution is -2.45. The van der Waals surface area contributed by atoms with Crippen molar-refractivity contribution in [1.29, 1.82) is 0 Å². The molecule has 4 amide bonds. The molecule has 0 unspecified atom stereocenters. The summed E-state index contributed by atoms with van der Waals surface area (Å²) >= 11 is 0. The van der Waals surface area contributed by atoms with Crippen LogP contribution < -0.4 is 42.3 Å². The molecule has 2 heterocycles. The lowest BCUT2D eigenvalue weighted by atomic mass is 9.89. The van der Waals surface area contributed by atoms with Crippen molar-refractivity contribution in [3.63, 3.8) is 0 Å². The summed E-state index contributed by atoms with van der Waals surface area (Å²) in [6, 6.07) is 37.6. The van der Waals surface area contributed by atoms with Crippen molar-refractivity contribution in [1.82, 2.24) is 20.0 Å². The molecule has 8 rings (SSSR count). The Kier molecular flexibility index (Phi) is 25.2. The number of pyridine rings is 1. The van der Waals surface area contributed by atoms with E-state index < -0.39 is 88.4 Å². The first-order valence-corrected chi connectivity index (χ1v) is 30.1. The van der Waals surface area contributed by atoms with Crippen LogP contribution in [0.1, 0.15) is 78.7 Å². The number of benzene rings is 6. The van der Waals surface area contributed by atoms with Gasteiger partial charge in [-0.05, 0) is 85.3 Å². The van der Waals surface area contributed by atoms with Crippen LogP contribution in [0.15, 0.2) is 132 Å². The van der Waals surface area contributed by atoms with Crippen molar-refractivity contribution < 1.29 is 74.2 Å². The number of ketones is 2. The highest BCUT2D eigenvalue weighted by atomic mass is 19.2. The minimum Gasteiger partial charge on any atom is -0.420 e. The molecule has 0 bridgehead atoms. The van der Waals surface area contributed by atoms with Gasteiger partial charge in [0.1, 0.15) is 5.56 Å². The largest absolute Gasteiger partial charge is 0.420 e.